The van der Waals surface area contributed by atoms with E-state index in [1.54, 1.807) is 0 Å². The third-order valence-electron chi connectivity index (χ3n) is 2.72. The van der Waals surface area contributed by atoms with Gasteiger partial charge in [-0.2, -0.15) is 11.3 Å². The number of aliphatic hydroxyl groups excluding tert-OH is 1. The van der Waals surface area contributed by atoms with Crippen molar-refractivity contribution in [2.75, 3.05) is 6.54 Å². The van der Waals surface area contributed by atoms with Crippen LogP contribution in [0.2, 0.25) is 0 Å². The van der Waals surface area contributed by atoms with Gasteiger partial charge in [0.2, 0.25) is 0 Å². The molecule has 0 aromatic carbocycles. The Balaban J connectivity index is 1.92. The number of thiophene rings is 1. The lowest BCUT2D eigenvalue weighted by atomic mass is 10.2. The molecule has 2 rings (SSSR count). The number of aromatic amines is 1. The van der Waals surface area contributed by atoms with Crippen molar-refractivity contribution in [2.24, 2.45) is 0 Å². The number of amides is 1. The summed E-state index contributed by atoms with van der Waals surface area (Å²) >= 11 is 1.49. The van der Waals surface area contributed by atoms with Crippen molar-refractivity contribution < 1.29 is 14.7 Å². The van der Waals surface area contributed by atoms with Gasteiger partial charge >= 0.3 is 0 Å². The molecule has 0 aliphatic rings. The number of rotatable bonds is 5. The van der Waals surface area contributed by atoms with Gasteiger partial charge in [0.25, 0.3) is 5.91 Å². The maximum Gasteiger partial charge on any atom is 0.267 e. The van der Waals surface area contributed by atoms with Gasteiger partial charge in [0.15, 0.2) is 5.78 Å². The van der Waals surface area contributed by atoms with E-state index in [0.717, 1.165) is 5.56 Å². The normalized spacial score (nSPS) is 12.1. The van der Waals surface area contributed by atoms with Crippen LogP contribution in [0.25, 0.3) is 0 Å². The second-order valence-corrected chi connectivity index (χ2v) is 4.92. The standard InChI is InChI=1S/C13H14N2O3S/c1-8(16)10-4-11(14-5-10)13(18)15-6-12(17)9-2-3-19-7-9/h2-5,7,12,14,17H,6H2,1H3,(H,15,18). The van der Waals surface area contributed by atoms with Crippen molar-refractivity contribution in [3.63, 3.8) is 0 Å². The van der Waals surface area contributed by atoms with E-state index in [1.165, 1.54) is 30.5 Å². The Morgan fingerprint density at radius 1 is 1.53 bits per heavy atom. The molecule has 2 aromatic rings. The molecule has 1 atom stereocenters. The smallest absolute Gasteiger partial charge is 0.267 e. The van der Waals surface area contributed by atoms with Crippen LogP contribution in [0.5, 0.6) is 0 Å². The summed E-state index contributed by atoms with van der Waals surface area (Å²) in [7, 11) is 0. The Morgan fingerprint density at radius 3 is 2.89 bits per heavy atom. The molecule has 0 fully saturated rings. The van der Waals surface area contributed by atoms with E-state index in [-0.39, 0.29) is 18.2 Å². The van der Waals surface area contributed by atoms with E-state index in [2.05, 4.69) is 10.3 Å². The predicted molar refractivity (Wildman–Crippen MR) is 72.4 cm³/mol. The molecule has 0 saturated carbocycles. The highest BCUT2D eigenvalue weighted by atomic mass is 32.1. The van der Waals surface area contributed by atoms with Crippen molar-refractivity contribution in [3.05, 3.63) is 45.9 Å². The van der Waals surface area contributed by atoms with Crippen molar-refractivity contribution in [1.29, 1.82) is 0 Å². The van der Waals surface area contributed by atoms with Crippen LogP contribution in [-0.4, -0.2) is 28.3 Å². The molecule has 1 amide bonds. The fraction of sp³-hybridized carbons (Fsp3) is 0.231. The van der Waals surface area contributed by atoms with Crippen LogP contribution in [0.3, 0.4) is 0 Å². The lowest BCUT2D eigenvalue weighted by Gasteiger charge is -2.09. The highest BCUT2D eigenvalue weighted by Gasteiger charge is 2.13. The highest BCUT2D eigenvalue weighted by Crippen LogP contribution is 2.15. The minimum absolute atomic E-state index is 0.103. The zero-order valence-electron chi connectivity index (χ0n) is 10.3. The number of carbonyl (C=O) groups is 2. The Hall–Kier alpha value is -1.92. The van der Waals surface area contributed by atoms with E-state index in [4.69, 9.17) is 0 Å². The molecule has 1 unspecified atom stereocenters. The molecular formula is C13H14N2O3S. The summed E-state index contributed by atoms with van der Waals surface area (Å²) in [6, 6.07) is 3.30. The predicted octanol–water partition coefficient (Wildman–Crippen LogP) is 1.74. The monoisotopic (exact) mass is 278 g/mol. The van der Waals surface area contributed by atoms with E-state index in [9.17, 15) is 14.7 Å². The maximum atomic E-state index is 11.8. The summed E-state index contributed by atoms with van der Waals surface area (Å²) in [5.74, 6) is -0.449. The number of H-pyrrole nitrogens is 1. The number of nitrogens with one attached hydrogen (secondary N) is 2. The third kappa shape index (κ3) is 3.30. The average Bonchev–Trinajstić information content (AvgIpc) is 3.05. The summed E-state index contributed by atoms with van der Waals surface area (Å²) in [6.07, 6.45) is 0.768. The van der Waals surface area contributed by atoms with Crippen LogP contribution in [0, 0.1) is 0 Å². The molecule has 100 valence electrons. The van der Waals surface area contributed by atoms with Crippen molar-refractivity contribution in [2.45, 2.75) is 13.0 Å². The van der Waals surface area contributed by atoms with E-state index in [1.807, 2.05) is 16.8 Å². The molecule has 0 spiro atoms. The largest absolute Gasteiger partial charge is 0.387 e. The molecule has 2 heterocycles. The fourth-order valence-corrected chi connectivity index (χ4v) is 2.30. The van der Waals surface area contributed by atoms with Crippen LogP contribution in [-0.2, 0) is 0 Å². The number of carbonyl (C=O) groups excluding carboxylic acids is 2. The Morgan fingerprint density at radius 2 is 2.32 bits per heavy atom. The van der Waals surface area contributed by atoms with Crippen LogP contribution in [0.4, 0.5) is 0 Å². The molecule has 0 aliphatic carbocycles. The van der Waals surface area contributed by atoms with Crippen LogP contribution >= 0.6 is 11.3 Å². The summed E-state index contributed by atoms with van der Waals surface area (Å²) in [5.41, 5.74) is 1.55. The van der Waals surface area contributed by atoms with Gasteiger partial charge in [-0.1, -0.05) is 0 Å². The first-order chi connectivity index (χ1) is 9.08. The number of Topliss-reactive ketones (excluding diaryl/α,β-unsaturated/α-hetero) is 1. The SMILES string of the molecule is CC(=O)c1c[nH]c(C(=O)NCC(O)c2ccsc2)c1. The quantitative estimate of drug-likeness (QED) is 0.729. The minimum atomic E-state index is -0.725. The molecule has 0 radical (unpaired) electrons. The molecule has 0 bridgehead atoms. The number of aromatic nitrogens is 1. The molecule has 0 saturated heterocycles. The topological polar surface area (TPSA) is 82.2 Å². The second kappa shape index (κ2) is 5.81. The van der Waals surface area contributed by atoms with E-state index < -0.39 is 6.10 Å². The van der Waals surface area contributed by atoms with Gasteiger partial charge in [-0.15, -0.1) is 0 Å². The van der Waals surface area contributed by atoms with Crippen LogP contribution in [0.1, 0.15) is 39.4 Å². The van der Waals surface area contributed by atoms with Crippen molar-refractivity contribution in [3.8, 4) is 0 Å². The molecule has 2 aromatic heterocycles. The van der Waals surface area contributed by atoms with Gasteiger partial charge in [0, 0.05) is 18.3 Å². The Bertz CT molecular complexity index is 574. The lowest BCUT2D eigenvalue weighted by molar-refractivity contribution is 0.0912. The van der Waals surface area contributed by atoms with E-state index >= 15 is 0 Å². The van der Waals surface area contributed by atoms with Crippen molar-refractivity contribution >= 4 is 23.0 Å². The first-order valence-electron chi connectivity index (χ1n) is 5.75. The second-order valence-electron chi connectivity index (χ2n) is 4.14. The minimum Gasteiger partial charge on any atom is -0.387 e. The molecule has 5 nitrogen and oxygen atoms in total. The van der Waals surface area contributed by atoms with Crippen LogP contribution in [0.15, 0.2) is 29.1 Å². The number of hydrogen-bond donors (Lipinski definition) is 3. The van der Waals surface area contributed by atoms with Gasteiger partial charge in [-0.05, 0) is 35.4 Å². The fourth-order valence-electron chi connectivity index (χ4n) is 1.60. The number of ketones is 1. The Labute approximate surface area is 114 Å². The molecule has 6 heteroatoms. The summed E-state index contributed by atoms with van der Waals surface area (Å²) < 4.78 is 0. The lowest BCUT2D eigenvalue weighted by Crippen LogP contribution is -2.28. The molecule has 0 aliphatic heterocycles. The Kier molecular flexibility index (Phi) is 4.13. The van der Waals surface area contributed by atoms with E-state index in [0.29, 0.717) is 11.3 Å². The summed E-state index contributed by atoms with van der Waals surface area (Å²) in [6.45, 7) is 1.56. The van der Waals surface area contributed by atoms with Gasteiger partial charge < -0.3 is 15.4 Å². The highest BCUT2D eigenvalue weighted by molar-refractivity contribution is 7.07. The third-order valence-corrected chi connectivity index (χ3v) is 3.42. The first-order valence-corrected chi connectivity index (χ1v) is 6.70. The first kappa shape index (κ1) is 13.5. The van der Waals surface area contributed by atoms with Gasteiger partial charge in [-0.25, -0.2) is 0 Å². The van der Waals surface area contributed by atoms with Crippen molar-refractivity contribution in [1.82, 2.24) is 10.3 Å². The summed E-state index contributed by atoms with van der Waals surface area (Å²) in [5, 5.41) is 16.1. The molecule has 19 heavy (non-hydrogen) atoms. The number of aliphatic hydroxyl groups is 1. The number of hydrogen-bond acceptors (Lipinski definition) is 4. The average molecular weight is 278 g/mol. The summed E-state index contributed by atoms with van der Waals surface area (Å²) in [4.78, 5) is 25.6. The van der Waals surface area contributed by atoms with Gasteiger partial charge in [0.1, 0.15) is 5.69 Å². The van der Waals surface area contributed by atoms with Gasteiger partial charge in [-0.3, -0.25) is 9.59 Å². The molecular weight excluding hydrogens is 264 g/mol. The zero-order chi connectivity index (χ0) is 13.8. The van der Waals surface area contributed by atoms with Gasteiger partial charge in [0.05, 0.1) is 6.10 Å². The zero-order valence-corrected chi connectivity index (χ0v) is 11.2. The maximum absolute atomic E-state index is 11.8. The van der Waals surface area contributed by atoms with Crippen LogP contribution < -0.4 is 5.32 Å². The molecule has 3 N–H and O–H groups in total.